The first kappa shape index (κ1) is 21.8. The molecule has 0 aromatic heterocycles. The second kappa shape index (κ2) is 10.7. The zero-order valence-corrected chi connectivity index (χ0v) is 16.1. The van der Waals surface area contributed by atoms with Gasteiger partial charge in [0.15, 0.2) is 0 Å². The Morgan fingerprint density at radius 2 is 1.66 bits per heavy atom. The monoisotopic (exact) mass is 401 g/mol. The smallest absolute Gasteiger partial charge is 0.289 e. The normalized spacial score (nSPS) is 10.4. The third-order valence-corrected chi connectivity index (χ3v) is 4.26. The molecule has 29 heavy (non-hydrogen) atoms. The quantitative estimate of drug-likeness (QED) is 0.317. The Morgan fingerprint density at radius 3 is 2.28 bits per heavy atom. The molecule has 2 aromatic carbocycles. The van der Waals surface area contributed by atoms with Gasteiger partial charge in [-0.15, -0.1) is 0 Å². The molecule has 0 spiro atoms. The van der Waals surface area contributed by atoms with Crippen LogP contribution in [0.4, 0.5) is 17.1 Å². The summed E-state index contributed by atoms with van der Waals surface area (Å²) in [6, 6.07) is 9.55. The van der Waals surface area contributed by atoms with E-state index in [9.17, 15) is 25.0 Å². The van der Waals surface area contributed by atoms with Crippen molar-refractivity contribution < 1.29 is 19.4 Å². The highest BCUT2D eigenvalue weighted by Crippen LogP contribution is 2.26. The molecule has 9 nitrogen and oxygen atoms in total. The molecule has 0 heterocycles. The number of nitro groups is 2. The van der Waals surface area contributed by atoms with Crippen molar-refractivity contribution in [3.8, 4) is 5.75 Å². The second-order valence-corrected chi connectivity index (χ2v) is 6.46. The van der Waals surface area contributed by atoms with Crippen molar-refractivity contribution in [2.75, 3.05) is 11.9 Å². The van der Waals surface area contributed by atoms with E-state index in [0.29, 0.717) is 18.0 Å². The van der Waals surface area contributed by atoms with Gasteiger partial charge in [-0.3, -0.25) is 25.0 Å². The van der Waals surface area contributed by atoms with E-state index >= 15 is 0 Å². The minimum Gasteiger partial charge on any atom is -0.494 e. The summed E-state index contributed by atoms with van der Waals surface area (Å²) < 4.78 is 5.65. The van der Waals surface area contributed by atoms with Crippen LogP contribution in [0.2, 0.25) is 0 Å². The molecule has 1 N–H and O–H groups in total. The zero-order valence-electron chi connectivity index (χ0n) is 16.1. The molecule has 0 atom stereocenters. The zero-order chi connectivity index (χ0) is 21.2. The molecule has 2 aromatic rings. The first-order chi connectivity index (χ1) is 13.9. The summed E-state index contributed by atoms with van der Waals surface area (Å²) >= 11 is 0. The maximum atomic E-state index is 12.4. The lowest BCUT2D eigenvalue weighted by atomic mass is 10.1. The van der Waals surface area contributed by atoms with Gasteiger partial charge in [0.25, 0.3) is 17.3 Å². The van der Waals surface area contributed by atoms with Crippen LogP contribution in [0.5, 0.6) is 5.75 Å². The number of benzene rings is 2. The summed E-state index contributed by atoms with van der Waals surface area (Å²) in [4.78, 5) is 32.8. The molecule has 0 aliphatic rings. The number of nitrogens with one attached hydrogen (secondary N) is 1. The predicted octanol–water partition coefficient (Wildman–Crippen LogP) is 5.10. The van der Waals surface area contributed by atoms with Gasteiger partial charge >= 0.3 is 0 Å². The fraction of sp³-hybridized carbons (Fsp3) is 0.350. The molecule has 1 amide bonds. The Bertz CT molecular complexity index is 867. The van der Waals surface area contributed by atoms with Crippen LogP contribution in [0.1, 0.15) is 49.4 Å². The molecule has 0 saturated heterocycles. The number of amides is 1. The summed E-state index contributed by atoms with van der Waals surface area (Å²) in [6.07, 6.45) is 5.70. The van der Waals surface area contributed by atoms with Crippen molar-refractivity contribution in [3.05, 3.63) is 68.3 Å². The van der Waals surface area contributed by atoms with Gasteiger partial charge in [0.2, 0.25) is 0 Å². The van der Waals surface area contributed by atoms with Crippen LogP contribution in [0.3, 0.4) is 0 Å². The lowest BCUT2D eigenvalue weighted by Crippen LogP contribution is -2.14. The van der Waals surface area contributed by atoms with E-state index in [1.54, 1.807) is 24.3 Å². The summed E-state index contributed by atoms with van der Waals surface area (Å²) in [5, 5.41) is 24.5. The van der Waals surface area contributed by atoms with Crippen LogP contribution in [0.25, 0.3) is 0 Å². The van der Waals surface area contributed by atoms with E-state index in [4.69, 9.17) is 4.74 Å². The van der Waals surface area contributed by atoms with Crippen LogP contribution >= 0.6 is 0 Å². The minimum atomic E-state index is -0.820. The van der Waals surface area contributed by atoms with Gasteiger partial charge in [0, 0.05) is 11.8 Å². The Labute approximate surface area is 168 Å². The van der Waals surface area contributed by atoms with Crippen molar-refractivity contribution in [1.82, 2.24) is 0 Å². The molecular formula is C20H23N3O6. The summed E-state index contributed by atoms with van der Waals surface area (Å²) in [6.45, 7) is 2.78. The maximum Gasteiger partial charge on any atom is 0.289 e. The number of carbonyl (C=O) groups excluding carboxylic acids is 1. The summed E-state index contributed by atoms with van der Waals surface area (Å²) in [7, 11) is 0. The number of hydrogen-bond donors (Lipinski definition) is 1. The molecule has 154 valence electrons. The molecule has 0 saturated carbocycles. The molecule has 0 fully saturated rings. The third-order valence-electron chi connectivity index (χ3n) is 4.26. The Morgan fingerprint density at radius 1 is 0.966 bits per heavy atom. The van der Waals surface area contributed by atoms with E-state index < -0.39 is 27.1 Å². The number of nitro benzene ring substituents is 2. The third kappa shape index (κ3) is 6.56. The average Bonchev–Trinajstić information content (AvgIpc) is 2.71. The van der Waals surface area contributed by atoms with Crippen LogP contribution in [-0.2, 0) is 0 Å². The van der Waals surface area contributed by atoms with Gasteiger partial charge in [-0.2, -0.15) is 0 Å². The second-order valence-electron chi connectivity index (χ2n) is 6.46. The number of hydrogen-bond acceptors (Lipinski definition) is 6. The Balaban J connectivity index is 1.97. The molecule has 0 aliphatic carbocycles. The van der Waals surface area contributed by atoms with Crippen molar-refractivity contribution in [2.24, 2.45) is 0 Å². The standard InChI is InChI=1S/C20H23N3O6/c1-2-3-4-5-6-13-29-17-10-7-15(8-11-17)21-20(24)18-12-9-16(22(25)26)14-19(18)23(27)28/h7-12,14H,2-6,13H2,1H3,(H,21,24). The lowest BCUT2D eigenvalue weighted by molar-refractivity contribution is -0.394. The van der Waals surface area contributed by atoms with Crippen molar-refractivity contribution >= 4 is 23.0 Å². The Hall–Kier alpha value is -3.49. The van der Waals surface area contributed by atoms with E-state index in [1.807, 2.05) is 0 Å². The number of anilines is 1. The highest BCUT2D eigenvalue weighted by molar-refractivity contribution is 6.07. The number of rotatable bonds is 11. The fourth-order valence-electron chi connectivity index (χ4n) is 2.71. The van der Waals surface area contributed by atoms with Gasteiger partial charge in [-0.1, -0.05) is 32.6 Å². The number of non-ortho nitro benzene ring substituents is 1. The van der Waals surface area contributed by atoms with Gasteiger partial charge in [-0.05, 0) is 36.8 Å². The topological polar surface area (TPSA) is 125 Å². The number of carbonyl (C=O) groups is 1. The minimum absolute atomic E-state index is 0.256. The van der Waals surface area contributed by atoms with E-state index in [0.717, 1.165) is 31.0 Å². The molecule has 0 bridgehead atoms. The van der Waals surface area contributed by atoms with E-state index in [-0.39, 0.29) is 5.56 Å². The largest absolute Gasteiger partial charge is 0.494 e. The molecule has 0 radical (unpaired) electrons. The fourth-order valence-corrected chi connectivity index (χ4v) is 2.71. The van der Waals surface area contributed by atoms with Gasteiger partial charge in [-0.25, -0.2) is 0 Å². The van der Waals surface area contributed by atoms with Crippen molar-refractivity contribution in [1.29, 1.82) is 0 Å². The SMILES string of the molecule is CCCCCCCOc1ccc(NC(=O)c2ccc([N+](=O)[O-])cc2[N+](=O)[O-])cc1. The molecule has 9 heteroatoms. The molecule has 0 aliphatic heterocycles. The number of nitrogens with zero attached hydrogens (tertiary/aromatic N) is 2. The van der Waals surface area contributed by atoms with Gasteiger partial charge in [0.1, 0.15) is 11.3 Å². The summed E-state index contributed by atoms with van der Waals surface area (Å²) in [5.41, 5.74) is -0.907. The van der Waals surface area contributed by atoms with E-state index in [1.165, 1.54) is 19.3 Å². The van der Waals surface area contributed by atoms with Crippen molar-refractivity contribution in [2.45, 2.75) is 39.0 Å². The van der Waals surface area contributed by atoms with Crippen LogP contribution in [-0.4, -0.2) is 22.4 Å². The van der Waals surface area contributed by atoms with Crippen LogP contribution in [0.15, 0.2) is 42.5 Å². The van der Waals surface area contributed by atoms with Gasteiger partial charge < -0.3 is 10.1 Å². The first-order valence-electron chi connectivity index (χ1n) is 9.39. The molecule has 2 rings (SSSR count). The molecule has 0 unspecified atom stereocenters. The summed E-state index contributed by atoms with van der Waals surface area (Å²) in [5.74, 6) is -0.0593. The molecular weight excluding hydrogens is 378 g/mol. The number of unbranched alkanes of at least 4 members (excludes halogenated alkanes) is 4. The highest BCUT2D eigenvalue weighted by atomic mass is 16.6. The number of ether oxygens (including phenoxy) is 1. The van der Waals surface area contributed by atoms with Crippen LogP contribution in [0, 0.1) is 20.2 Å². The Kier molecular flexibility index (Phi) is 8.08. The van der Waals surface area contributed by atoms with Crippen LogP contribution < -0.4 is 10.1 Å². The highest BCUT2D eigenvalue weighted by Gasteiger charge is 2.24. The van der Waals surface area contributed by atoms with Crippen molar-refractivity contribution in [3.63, 3.8) is 0 Å². The average molecular weight is 401 g/mol. The van der Waals surface area contributed by atoms with Gasteiger partial charge in [0.05, 0.1) is 22.5 Å². The first-order valence-corrected chi connectivity index (χ1v) is 9.39. The van der Waals surface area contributed by atoms with E-state index in [2.05, 4.69) is 12.2 Å². The lowest BCUT2D eigenvalue weighted by Gasteiger charge is -2.09. The predicted molar refractivity (Wildman–Crippen MR) is 108 cm³/mol. The maximum absolute atomic E-state index is 12.4.